The number of piperidine rings is 1. The lowest BCUT2D eigenvalue weighted by atomic mass is 9.99. The van der Waals surface area contributed by atoms with Crippen molar-refractivity contribution in [3.63, 3.8) is 0 Å². The van der Waals surface area contributed by atoms with Crippen molar-refractivity contribution in [2.45, 2.75) is 46.7 Å². The van der Waals surface area contributed by atoms with Crippen molar-refractivity contribution < 1.29 is 19.1 Å². The molecular weight excluding hydrogens is 430 g/mol. The van der Waals surface area contributed by atoms with Crippen molar-refractivity contribution in [1.29, 1.82) is 0 Å². The van der Waals surface area contributed by atoms with E-state index < -0.39 is 0 Å². The number of likely N-dealkylation sites (tertiary alicyclic amines) is 1. The quantitative estimate of drug-likeness (QED) is 0.526. The Labute approximate surface area is 202 Å². The Morgan fingerprint density at radius 3 is 2.24 bits per heavy atom. The molecule has 0 radical (unpaired) electrons. The molecule has 1 heterocycles. The third-order valence-corrected chi connectivity index (χ3v) is 6.01. The molecule has 0 saturated carbocycles. The lowest BCUT2D eigenvalue weighted by Gasteiger charge is -2.30. The lowest BCUT2D eigenvalue weighted by Crippen LogP contribution is -2.36. The van der Waals surface area contributed by atoms with Gasteiger partial charge in [0.2, 0.25) is 5.91 Å². The van der Waals surface area contributed by atoms with E-state index in [0.717, 1.165) is 31.1 Å². The van der Waals surface area contributed by atoms with Gasteiger partial charge in [-0.05, 0) is 75.0 Å². The zero-order valence-corrected chi connectivity index (χ0v) is 20.6. The molecule has 7 heteroatoms. The first-order chi connectivity index (χ1) is 16.5. The Hall–Kier alpha value is -3.06. The number of carbonyl (C=O) groups excluding carboxylic acids is 2. The van der Waals surface area contributed by atoms with Gasteiger partial charge in [-0.25, -0.2) is 0 Å². The van der Waals surface area contributed by atoms with E-state index in [0.29, 0.717) is 36.8 Å². The summed E-state index contributed by atoms with van der Waals surface area (Å²) in [5, 5.41) is 5.52. The summed E-state index contributed by atoms with van der Waals surface area (Å²) >= 11 is 0. The molecule has 2 aromatic rings. The number of ether oxygens (including phenoxy) is 2. The summed E-state index contributed by atoms with van der Waals surface area (Å²) in [4.78, 5) is 27.2. The third kappa shape index (κ3) is 7.76. The standard InChI is InChI=1S/C27H37N3O4/c1-4-33-24-11-10-23(16-25(24)34-5-2)27(32)29-18-26(31)28-17-21-6-8-22(9-7-21)19-30-14-12-20(3)13-15-30/h6-11,16,20H,4-5,12-15,17-19H2,1-3H3,(H,28,31)(H,29,32). The van der Waals surface area contributed by atoms with Crippen LogP contribution in [0.4, 0.5) is 0 Å². The van der Waals surface area contributed by atoms with E-state index in [2.05, 4.69) is 46.7 Å². The lowest BCUT2D eigenvalue weighted by molar-refractivity contribution is -0.120. The molecule has 3 rings (SSSR count). The van der Waals surface area contributed by atoms with Crippen LogP contribution in [0.5, 0.6) is 11.5 Å². The highest BCUT2D eigenvalue weighted by molar-refractivity contribution is 5.97. The normalized spacial score (nSPS) is 14.4. The van der Waals surface area contributed by atoms with Gasteiger partial charge in [-0.15, -0.1) is 0 Å². The van der Waals surface area contributed by atoms with Crippen molar-refractivity contribution in [2.24, 2.45) is 5.92 Å². The molecule has 2 amide bonds. The van der Waals surface area contributed by atoms with Gasteiger partial charge in [-0.3, -0.25) is 14.5 Å². The van der Waals surface area contributed by atoms with Gasteiger partial charge in [0, 0.05) is 18.7 Å². The first-order valence-corrected chi connectivity index (χ1v) is 12.2. The summed E-state index contributed by atoms with van der Waals surface area (Å²) in [6.07, 6.45) is 2.54. The second kappa shape index (κ2) is 13.0. The van der Waals surface area contributed by atoms with E-state index in [1.165, 1.54) is 18.4 Å². The number of nitrogens with zero attached hydrogens (tertiary/aromatic N) is 1. The molecule has 34 heavy (non-hydrogen) atoms. The Kier molecular flexibility index (Phi) is 9.76. The second-order valence-electron chi connectivity index (χ2n) is 8.76. The molecular formula is C27H37N3O4. The van der Waals surface area contributed by atoms with E-state index in [1.54, 1.807) is 18.2 Å². The van der Waals surface area contributed by atoms with Crippen LogP contribution < -0.4 is 20.1 Å². The first kappa shape index (κ1) is 25.6. The molecule has 0 spiro atoms. The Bertz CT molecular complexity index is 937. The highest BCUT2D eigenvalue weighted by atomic mass is 16.5. The molecule has 1 aliphatic rings. The topological polar surface area (TPSA) is 79.9 Å². The van der Waals surface area contributed by atoms with Crippen LogP contribution in [0.2, 0.25) is 0 Å². The number of nitrogens with one attached hydrogen (secondary N) is 2. The van der Waals surface area contributed by atoms with E-state index in [-0.39, 0.29) is 18.4 Å². The molecule has 1 aliphatic heterocycles. The average Bonchev–Trinajstić information content (AvgIpc) is 2.85. The summed E-state index contributed by atoms with van der Waals surface area (Å²) in [5.74, 6) is 1.36. The fraction of sp³-hybridized carbons (Fsp3) is 0.481. The maximum Gasteiger partial charge on any atom is 0.251 e. The largest absolute Gasteiger partial charge is 0.490 e. The minimum Gasteiger partial charge on any atom is -0.490 e. The van der Waals surface area contributed by atoms with Crippen molar-refractivity contribution in [3.8, 4) is 11.5 Å². The molecule has 7 nitrogen and oxygen atoms in total. The minimum atomic E-state index is -0.337. The van der Waals surface area contributed by atoms with Crippen molar-refractivity contribution in [2.75, 3.05) is 32.8 Å². The summed E-state index contributed by atoms with van der Waals surface area (Å²) in [7, 11) is 0. The molecule has 0 unspecified atom stereocenters. The van der Waals surface area contributed by atoms with Crippen LogP contribution in [0.25, 0.3) is 0 Å². The van der Waals surface area contributed by atoms with Gasteiger partial charge in [-0.2, -0.15) is 0 Å². The predicted octanol–water partition coefficient (Wildman–Crippen LogP) is 3.76. The predicted molar refractivity (Wildman–Crippen MR) is 133 cm³/mol. The molecule has 0 aromatic heterocycles. The monoisotopic (exact) mass is 467 g/mol. The van der Waals surface area contributed by atoms with Gasteiger partial charge in [0.05, 0.1) is 19.8 Å². The van der Waals surface area contributed by atoms with Crippen LogP contribution in [-0.4, -0.2) is 49.6 Å². The second-order valence-corrected chi connectivity index (χ2v) is 8.76. The highest BCUT2D eigenvalue weighted by Gasteiger charge is 2.16. The van der Waals surface area contributed by atoms with Gasteiger partial charge in [-0.1, -0.05) is 31.2 Å². The van der Waals surface area contributed by atoms with Crippen LogP contribution >= 0.6 is 0 Å². The van der Waals surface area contributed by atoms with Crippen molar-refractivity contribution in [1.82, 2.24) is 15.5 Å². The number of amides is 2. The van der Waals surface area contributed by atoms with Crippen molar-refractivity contribution >= 4 is 11.8 Å². The van der Waals surface area contributed by atoms with Crippen LogP contribution in [0, 0.1) is 5.92 Å². The SMILES string of the molecule is CCOc1ccc(C(=O)NCC(=O)NCc2ccc(CN3CCC(C)CC3)cc2)cc1OCC. The first-order valence-electron chi connectivity index (χ1n) is 12.2. The number of carbonyl (C=O) groups is 2. The van der Waals surface area contributed by atoms with Gasteiger partial charge in [0.1, 0.15) is 0 Å². The summed E-state index contributed by atoms with van der Waals surface area (Å²) in [5.41, 5.74) is 2.74. The highest BCUT2D eigenvalue weighted by Crippen LogP contribution is 2.28. The van der Waals surface area contributed by atoms with Gasteiger partial charge in [0.15, 0.2) is 11.5 Å². The van der Waals surface area contributed by atoms with E-state index in [4.69, 9.17) is 9.47 Å². The molecule has 0 aliphatic carbocycles. The van der Waals surface area contributed by atoms with Gasteiger partial charge >= 0.3 is 0 Å². The summed E-state index contributed by atoms with van der Waals surface area (Å²) in [6.45, 7) is 10.7. The van der Waals surface area contributed by atoms with Gasteiger partial charge in [0.25, 0.3) is 5.91 Å². The van der Waals surface area contributed by atoms with E-state index in [1.807, 2.05) is 13.8 Å². The fourth-order valence-corrected chi connectivity index (χ4v) is 3.96. The molecule has 0 atom stereocenters. The Morgan fingerprint density at radius 1 is 0.912 bits per heavy atom. The third-order valence-electron chi connectivity index (χ3n) is 6.01. The number of hydrogen-bond acceptors (Lipinski definition) is 5. The Morgan fingerprint density at radius 2 is 1.56 bits per heavy atom. The maximum atomic E-state index is 12.5. The maximum absolute atomic E-state index is 12.5. The zero-order chi connectivity index (χ0) is 24.3. The molecule has 2 N–H and O–H groups in total. The number of rotatable bonds is 11. The van der Waals surface area contributed by atoms with Crippen LogP contribution in [0.15, 0.2) is 42.5 Å². The number of benzene rings is 2. The molecule has 1 saturated heterocycles. The fourth-order valence-electron chi connectivity index (χ4n) is 3.96. The average molecular weight is 468 g/mol. The molecule has 1 fully saturated rings. The van der Waals surface area contributed by atoms with Crippen molar-refractivity contribution in [3.05, 3.63) is 59.2 Å². The molecule has 2 aromatic carbocycles. The minimum absolute atomic E-state index is 0.0958. The summed E-state index contributed by atoms with van der Waals surface area (Å²) in [6, 6.07) is 13.4. The van der Waals surface area contributed by atoms with Gasteiger partial charge < -0.3 is 20.1 Å². The number of hydrogen-bond donors (Lipinski definition) is 2. The van der Waals surface area contributed by atoms with E-state index in [9.17, 15) is 9.59 Å². The van der Waals surface area contributed by atoms with Crippen LogP contribution in [-0.2, 0) is 17.9 Å². The summed E-state index contributed by atoms with van der Waals surface area (Å²) < 4.78 is 11.1. The van der Waals surface area contributed by atoms with Crippen LogP contribution in [0.1, 0.15) is 55.1 Å². The molecule has 184 valence electrons. The Balaban J connectivity index is 1.42. The van der Waals surface area contributed by atoms with E-state index >= 15 is 0 Å². The zero-order valence-electron chi connectivity index (χ0n) is 20.6. The smallest absolute Gasteiger partial charge is 0.251 e. The molecule has 0 bridgehead atoms. The van der Waals surface area contributed by atoms with Crippen LogP contribution in [0.3, 0.4) is 0 Å².